The van der Waals surface area contributed by atoms with Gasteiger partial charge in [-0.25, -0.2) is 0 Å². The van der Waals surface area contributed by atoms with Crippen LogP contribution in [0.25, 0.3) is 0 Å². The highest BCUT2D eigenvalue weighted by molar-refractivity contribution is 4.34. The average Bonchev–Trinajstić information content (AvgIpc) is 2.21. The molecular formula is C9H20O5. The molecule has 86 valence electrons. The molecule has 14 heavy (non-hydrogen) atoms. The van der Waals surface area contributed by atoms with Gasteiger partial charge in [-0.15, -0.1) is 0 Å². The van der Waals surface area contributed by atoms with E-state index in [9.17, 15) is 0 Å². The number of aliphatic hydroxyl groups excluding tert-OH is 2. The van der Waals surface area contributed by atoms with E-state index >= 15 is 0 Å². The molecule has 0 aliphatic carbocycles. The molecule has 0 unspecified atom stereocenters. The van der Waals surface area contributed by atoms with E-state index < -0.39 is 0 Å². The van der Waals surface area contributed by atoms with Gasteiger partial charge >= 0.3 is 0 Å². The van der Waals surface area contributed by atoms with Gasteiger partial charge in [0, 0.05) is 13.2 Å². The first kappa shape index (κ1) is 13.8. The molecular weight excluding hydrogens is 188 g/mol. The van der Waals surface area contributed by atoms with Crippen molar-refractivity contribution in [2.75, 3.05) is 52.9 Å². The van der Waals surface area contributed by atoms with Gasteiger partial charge in [0.1, 0.15) is 0 Å². The van der Waals surface area contributed by atoms with Crippen LogP contribution in [0, 0.1) is 0 Å². The number of ether oxygens (including phenoxy) is 3. The molecule has 0 saturated heterocycles. The highest BCUT2D eigenvalue weighted by Crippen LogP contribution is 1.83. The lowest BCUT2D eigenvalue weighted by molar-refractivity contribution is 0.00600. The highest BCUT2D eigenvalue weighted by atomic mass is 16.5. The monoisotopic (exact) mass is 208 g/mol. The van der Waals surface area contributed by atoms with Crippen LogP contribution in [-0.4, -0.2) is 63.1 Å². The van der Waals surface area contributed by atoms with Crippen LogP contribution in [0.15, 0.2) is 0 Å². The topological polar surface area (TPSA) is 68.2 Å². The van der Waals surface area contributed by atoms with Crippen LogP contribution in [-0.2, 0) is 14.2 Å². The van der Waals surface area contributed by atoms with Gasteiger partial charge in [0.05, 0.1) is 39.6 Å². The minimum Gasteiger partial charge on any atom is -0.396 e. The molecule has 0 atom stereocenters. The quantitative estimate of drug-likeness (QED) is 0.444. The lowest BCUT2D eigenvalue weighted by atomic mass is 10.5. The third kappa shape index (κ3) is 11.8. The maximum atomic E-state index is 8.44. The van der Waals surface area contributed by atoms with E-state index in [0.29, 0.717) is 46.1 Å². The third-order valence-electron chi connectivity index (χ3n) is 1.43. The molecule has 5 nitrogen and oxygen atoms in total. The Morgan fingerprint density at radius 2 is 1.07 bits per heavy atom. The van der Waals surface area contributed by atoms with Gasteiger partial charge in [-0.3, -0.25) is 0 Å². The molecule has 0 aliphatic heterocycles. The Morgan fingerprint density at radius 1 is 0.571 bits per heavy atom. The van der Waals surface area contributed by atoms with E-state index in [1.807, 2.05) is 0 Å². The predicted molar refractivity (Wildman–Crippen MR) is 51.2 cm³/mol. The Morgan fingerprint density at radius 3 is 1.57 bits per heavy atom. The average molecular weight is 208 g/mol. The van der Waals surface area contributed by atoms with E-state index in [4.69, 9.17) is 24.4 Å². The third-order valence-corrected chi connectivity index (χ3v) is 1.43. The number of hydrogen-bond acceptors (Lipinski definition) is 5. The first-order valence-corrected chi connectivity index (χ1v) is 4.86. The van der Waals surface area contributed by atoms with Crippen LogP contribution in [0.1, 0.15) is 6.42 Å². The van der Waals surface area contributed by atoms with Crippen molar-refractivity contribution in [3.05, 3.63) is 0 Å². The van der Waals surface area contributed by atoms with Crippen molar-refractivity contribution < 1.29 is 24.4 Å². The van der Waals surface area contributed by atoms with Crippen molar-refractivity contribution in [3.63, 3.8) is 0 Å². The maximum Gasteiger partial charge on any atom is 0.0701 e. The Bertz CT molecular complexity index is 87.2. The van der Waals surface area contributed by atoms with Crippen LogP contribution >= 0.6 is 0 Å². The van der Waals surface area contributed by atoms with Crippen molar-refractivity contribution in [3.8, 4) is 0 Å². The normalized spacial score (nSPS) is 10.7. The second-order valence-electron chi connectivity index (χ2n) is 2.64. The van der Waals surface area contributed by atoms with Crippen molar-refractivity contribution >= 4 is 0 Å². The Hall–Kier alpha value is -0.200. The van der Waals surface area contributed by atoms with E-state index in [2.05, 4.69) is 0 Å². The lowest BCUT2D eigenvalue weighted by Crippen LogP contribution is -2.11. The highest BCUT2D eigenvalue weighted by Gasteiger charge is 1.90. The Balaban J connectivity index is 2.78. The molecule has 0 aromatic heterocycles. The van der Waals surface area contributed by atoms with Gasteiger partial charge in [0.15, 0.2) is 0 Å². The fourth-order valence-electron chi connectivity index (χ4n) is 0.773. The lowest BCUT2D eigenvalue weighted by Gasteiger charge is -2.05. The zero-order chi connectivity index (χ0) is 10.5. The van der Waals surface area contributed by atoms with Crippen LogP contribution < -0.4 is 0 Å². The first-order chi connectivity index (χ1) is 6.91. The van der Waals surface area contributed by atoms with Crippen molar-refractivity contribution in [1.82, 2.24) is 0 Å². The summed E-state index contributed by atoms with van der Waals surface area (Å²) >= 11 is 0. The zero-order valence-corrected chi connectivity index (χ0v) is 8.48. The van der Waals surface area contributed by atoms with E-state index in [1.54, 1.807) is 0 Å². The van der Waals surface area contributed by atoms with Crippen LogP contribution in [0.4, 0.5) is 0 Å². The standard InChI is InChI=1S/C9H20O5/c10-2-1-4-12-6-8-14-9-7-13-5-3-11/h10-11H,1-9H2. The Kier molecular flexibility index (Phi) is 12.6. The minimum atomic E-state index is 0.0459. The molecule has 2 N–H and O–H groups in total. The summed E-state index contributed by atoms with van der Waals surface area (Å²) in [6.07, 6.45) is 0.666. The number of rotatable bonds is 11. The predicted octanol–water partition coefficient (Wildman–Crippen LogP) is -0.589. The molecule has 0 saturated carbocycles. The van der Waals surface area contributed by atoms with Crippen molar-refractivity contribution in [2.45, 2.75) is 6.42 Å². The fourth-order valence-corrected chi connectivity index (χ4v) is 0.773. The summed E-state index contributed by atoms with van der Waals surface area (Å²) < 4.78 is 15.3. The summed E-state index contributed by atoms with van der Waals surface area (Å²) in [6, 6.07) is 0. The molecule has 0 aromatic carbocycles. The molecule has 0 amide bonds. The second kappa shape index (κ2) is 12.8. The minimum absolute atomic E-state index is 0.0459. The second-order valence-corrected chi connectivity index (χ2v) is 2.64. The summed E-state index contributed by atoms with van der Waals surface area (Å²) in [5, 5.41) is 16.8. The van der Waals surface area contributed by atoms with Crippen LogP contribution in [0.3, 0.4) is 0 Å². The summed E-state index contributed by atoms with van der Waals surface area (Å²) in [7, 11) is 0. The summed E-state index contributed by atoms with van der Waals surface area (Å²) in [5.74, 6) is 0. The molecule has 0 aliphatic rings. The SMILES string of the molecule is OCCCOCCOCCOCCO. The van der Waals surface area contributed by atoms with Crippen molar-refractivity contribution in [1.29, 1.82) is 0 Å². The van der Waals surface area contributed by atoms with E-state index in [-0.39, 0.29) is 13.2 Å². The first-order valence-electron chi connectivity index (χ1n) is 4.86. The summed E-state index contributed by atoms with van der Waals surface area (Å²) in [4.78, 5) is 0. The molecule has 0 heterocycles. The van der Waals surface area contributed by atoms with Gasteiger partial charge in [-0.2, -0.15) is 0 Å². The number of hydrogen-bond donors (Lipinski definition) is 2. The smallest absolute Gasteiger partial charge is 0.0701 e. The maximum absolute atomic E-state index is 8.44. The van der Waals surface area contributed by atoms with Crippen molar-refractivity contribution in [2.24, 2.45) is 0 Å². The summed E-state index contributed by atoms with van der Waals surface area (Å²) in [6.45, 7) is 3.23. The fraction of sp³-hybridized carbons (Fsp3) is 1.00. The van der Waals surface area contributed by atoms with E-state index in [1.165, 1.54) is 0 Å². The van der Waals surface area contributed by atoms with Crippen LogP contribution in [0.5, 0.6) is 0 Å². The largest absolute Gasteiger partial charge is 0.396 e. The van der Waals surface area contributed by atoms with Crippen LogP contribution in [0.2, 0.25) is 0 Å². The molecule has 0 spiro atoms. The van der Waals surface area contributed by atoms with Gasteiger partial charge in [-0.1, -0.05) is 0 Å². The Labute approximate surface area is 84.6 Å². The van der Waals surface area contributed by atoms with Gasteiger partial charge in [0.2, 0.25) is 0 Å². The molecule has 0 radical (unpaired) electrons. The molecule has 0 rings (SSSR count). The van der Waals surface area contributed by atoms with E-state index in [0.717, 1.165) is 0 Å². The van der Waals surface area contributed by atoms with Gasteiger partial charge < -0.3 is 24.4 Å². The summed E-state index contributed by atoms with van der Waals surface area (Å²) in [5.41, 5.74) is 0. The molecule has 0 fully saturated rings. The molecule has 0 aromatic rings. The molecule has 5 heteroatoms. The van der Waals surface area contributed by atoms with Gasteiger partial charge in [0.25, 0.3) is 0 Å². The number of aliphatic hydroxyl groups is 2. The zero-order valence-electron chi connectivity index (χ0n) is 8.48. The molecule has 0 bridgehead atoms. The van der Waals surface area contributed by atoms with Gasteiger partial charge in [-0.05, 0) is 6.42 Å².